The quantitative estimate of drug-likeness (QED) is 0.797. The van der Waals surface area contributed by atoms with Crippen molar-refractivity contribution in [2.75, 3.05) is 35.2 Å². The second-order valence-corrected chi connectivity index (χ2v) is 5.57. The number of anilines is 3. The fraction of sp³-hybridized carbons (Fsp3) is 0.278. The van der Waals surface area contributed by atoms with Crippen LogP contribution in [-0.2, 0) is 4.79 Å². The fourth-order valence-corrected chi connectivity index (χ4v) is 2.52. The molecule has 0 fully saturated rings. The number of carbonyl (C=O) groups is 1. The molecule has 0 aliphatic heterocycles. The van der Waals surface area contributed by atoms with Gasteiger partial charge in [0.05, 0.1) is 6.54 Å². The third-order valence-electron chi connectivity index (χ3n) is 3.56. The molecular formula is C18H22ClN3O. The van der Waals surface area contributed by atoms with Gasteiger partial charge in [-0.2, -0.15) is 0 Å². The molecule has 23 heavy (non-hydrogen) atoms. The van der Waals surface area contributed by atoms with Gasteiger partial charge in [-0.1, -0.05) is 17.7 Å². The van der Waals surface area contributed by atoms with Crippen molar-refractivity contribution < 1.29 is 4.79 Å². The van der Waals surface area contributed by atoms with Gasteiger partial charge in [0.1, 0.15) is 0 Å². The minimum Gasteiger partial charge on any atom is -0.376 e. The summed E-state index contributed by atoms with van der Waals surface area (Å²) in [4.78, 5) is 14.2. The second-order valence-electron chi connectivity index (χ2n) is 5.13. The summed E-state index contributed by atoms with van der Waals surface area (Å²) >= 11 is 5.91. The van der Waals surface area contributed by atoms with E-state index in [9.17, 15) is 4.79 Å². The Kier molecular flexibility index (Phi) is 6.29. The smallest absolute Gasteiger partial charge is 0.243 e. The van der Waals surface area contributed by atoms with Crippen LogP contribution in [0.4, 0.5) is 17.1 Å². The van der Waals surface area contributed by atoms with Gasteiger partial charge in [-0.05, 0) is 56.3 Å². The van der Waals surface area contributed by atoms with Crippen molar-refractivity contribution in [1.82, 2.24) is 0 Å². The van der Waals surface area contributed by atoms with Crippen molar-refractivity contribution in [2.45, 2.75) is 13.8 Å². The van der Waals surface area contributed by atoms with Crippen molar-refractivity contribution in [3.8, 4) is 0 Å². The molecule has 0 unspecified atom stereocenters. The Labute approximate surface area is 142 Å². The molecule has 4 nitrogen and oxygen atoms in total. The van der Waals surface area contributed by atoms with Crippen LogP contribution in [-0.4, -0.2) is 25.5 Å². The normalized spacial score (nSPS) is 10.2. The summed E-state index contributed by atoms with van der Waals surface area (Å²) < 4.78 is 0. The molecule has 0 aromatic heterocycles. The second kappa shape index (κ2) is 8.44. The number of halogens is 1. The lowest BCUT2D eigenvalue weighted by Gasteiger charge is -2.21. The topological polar surface area (TPSA) is 44.4 Å². The molecular weight excluding hydrogens is 310 g/mol. The first-order valence-corrected chi connectivity index (χ1v) is 8.14. The van der Waals surface area contributed by atoms with Gasteiger partial charge in [0.25, 0.3) is 0 Å². The molecule has 2 N–H and O–H groups in total. The van der Waals surface area contributed by atoms with Crippen molar-refractivity contribution in [1.29, 1.82) is 0 Å². The molecule has 0 bridgehead atoms. The van der Waals surface area contributed by atoms with Crippen LogP contribution in [0.25, 0.3) is 0 Å². The highest BCUT2D eigenvalue weighted by Gasteiger charge is 2.05. The van der Waals surface area contributed by atoms with E-state index < -0.39 is 0 Å². The lowest BCUT2D eigenvalue weighted by atomic mass is 10.2. The van der Waals surface area contributed by atoms with E-state index in [0.29, 0.717) is 5.02 Å². The van der Waals surface area contributed by atoms with Crippen LogP contribution >= 0.6 is 11.6 Å². The Hall–Kier alpha value is -2.20. The molecule has 122 valence electrons. The number of amides is 1. The van der Waals surface area contributed by atoms with E-state index in [-0.39, 0.29) is 12.5 Å². The van der Waals surface area contributed by atoms with Crippen LogP contribution in [0.2, 0.25) is 5.02 Å². The summed E-state index contributed by atoms with van der Waals surface area (Å²) in [6.07, 6.45) is 0. The highest BCUT2D eigenvalue weighted by Crippen LogP contribution is 2.18. The molecule has 0 radical (unpaired) electrons. The molecule has 2 rings (SSSR count). The average molecular weight is 332 g/mol. The summed E-state index contributed by atoms with van der Waals surface area (Å²) in [5, 5.41) is 6.57. The Bertz CT molecular complexity index is 639. The van der Waals surface area contributed by atoms with Crippen molar-refractivity contribution in [2.24, 2.45) is 0 Å². The molecule has 0 saturated carbocycles. The molecule has 5 heteroatoms. The zero-order valence-corrected chi connectivity index (χ0v) is 14.2. The van der Waals surface area contributed by atoms with Crippen LogP contribution in [0.1, 0.15) is 13.8 Å². The number of nitrogens with one attached hydrogen (secondary N) is 2. The van der Waals surface area contributed by atoms with Gasteiger partial charge >= 0.3 is 0 Å². The van der Waals surface area contributed by atoms with E-state index in [1.54, 1.807) is 12.1 Å². The van der Waals surface area contributed by atoms with E-state index in [4.69, 9.17) is 11.6 Å². The SMILES string of the molecule is CCN(CC)c1ccc(NC(=O)CNc2cccc(Cl)c2)cc1. The van der Waals surface area contributed by atoms with Gasteiger partial charge < -0.3 is 15.5 Å². The summed E-state index contributed by atoms with van der Waals surface area (Å²) in [7, 11) is 0. The van der Waals surface area contributed by atoms with Gasteiger partial charge in [0, 0.05) is 35.2 Å². The molecule has 1 amide bonds. The van der Waals surface area contributed by atoms with E-state index in [0.717, 1.165) is 30.2 Å². The summed E-state index contributed by atoms with van der Waals surface area (Å²) in [6.45, 7) is 6.37. The molecule has 2 aromatic carbocycles. The summed E-state index contributed by atoms with van der Waals surface area (Å²) in [6, 6.07) is 15.2. The predicted molar refractivity (Wildman–Crippen MR) is 98.6 cm³/mol. The number of nitrogens with zero attached hydrogens (tertiary/aromatic N) is 1. The molecule has 0 spiro atoms. The monoisotopic (exact) mass is 331 g/mol. The zero-order valence-electron chi connectivity index (χ0n) is 13.5. The molecule has 0 aliphatic carbocycles. The average Bonchev–Trinajstić information content (AvgIpc) is 2.56. The van der Waals surface area contributed by atoms with Crippen LogP contribution in [0.3, 0.4) is 0 Å². The maximum absolute atomic E-state index is 12.0. The number of hydrogen-bond acceptors (Lipinski definition) is 3. The van der Waals surface area contributed by atoms with Crippen molar-refractivity contribution in [3.05, 3.63) is 53.6 Å². The Morgan fingerprint density at radius 2 is 1.74 bits per heavy atom. The number of benzene rings is 2. The van der Waals surface area contributed by atoms with Gasteiger partial charge in [-0.15, -0.1) is 0 Å². The van der Waals surface area contributed by atoms with Crippen LogP contribution in [0, 0.1) is 0 Å². The maximum Gasteiger partial charge on any atom is 0.243 e. The van der Waals surface area contributed by atoms with Crippen LogP contribution in [0.5, 0.6) is 0 Å². The van der Waals surface area contributed by atoms with Gasteiger partial charge in [-0.3, -0.25) is 4.79 Å². The molecule has 0 saturated heterocycles. The van der Waals surface area contributed by atoms with Crippen LogP contribution < -0.4 is 15.5 Å². The first-order chi connectivity index (χ1) is 11.1. The Morgan fingerprint density at radius 3 is 2.35 bits per heavy atom. The first kappa shape index (κ1) is 17.2. The van der Waals surface area contributed by atoms with E-state index in [2.05, 4.69) is 29.4 Å². The number of carbonyl (C=O) groups excluding carboxylic acids is 1. The Morgan fingerprint density at radius 1 is 1.04 bits per heavy atom. The van der Waals surface area contributed by atoms with Gasteiger partial charge in [0.2, 0.25) is 5.91 Å². The molecule has 2 aromatic rings. The van der Waals surface area contributed by atoms with Gasteiger partial charge in [0.15, 0.2) is 0 Å². The van der Waals surface area contributed by atoms with E-state index in [1.165, 1.54) is 0 Å². The largest absolute Gasteiger partial charge is 0.376 e. The van der Waals surface area contributed by atoms with Crippen LogP contribution in [0.15, 0.2) is 48.5 Å². The molecule has 0 heterocycles. The predicted octanol–water partition coefficient (Wildman–Crippen LogP) is 4.24. The number of rotatable bonds is 7. The minimum atomic E-state index is -0.0967. The van der Waals surface area contributed by atoms with E-state index >= 15 is 0 Å². The zero-order chi connectivity index (χ0) is 16.7. The highest BCUT2D eigenvalue weighted by atomic mass is 35.5. The molecule has 0 atom stereocenters. The summed E-state index contributed by atoms with van der Waals surface area (Å²) in [5.41, 5.74) is 2.77. The summed E-state index contributed by atoms with van der Waals surface area (Å²) in [5.74, 6) is -0.0967. The molecule has 0 aliphatic rings. The van der Waals surface area contributed by atoms with Gasteiger partial charge in [-0.25, -0.2) is 0 Å². The standard InChI is InChI=1S/C18H22ClN3O/c1-3-22(4-2)17-10-8-15(9-11-17)21-18(23)13-20-16-7-5-6-14(19)12-16/h5-12,20H,3-4,13H2,1-2H3,(H,21,23). The third-order valence-corrected chi connectivity index (χ3v) is 3.79. The van der Waals surface area contributed by atoms with E-state index in [1.807, 2.05) is 36.4 Å². The lowest BCUT2D eigenvalue weighted by Crippen LogP contribution is -2.23. The van der Waals surface area contributed by atoms with Crippen molar-refractivity contribution in [3.63, 3.8) is 0 Å². The highest BCUT2D eigenvalue weighted by molar-refractivity contribution is 6.30. The maximum atomic E-state index is 12.0. The fourth-order valence-electron chi connectivity index (χ4n) is 2.33. The Balaban J connectivity index is 1.87. The minimum absolute atomic E-state index is 0.0967. The third kappa shape index (κ3) is 5.18. The van der Waals surface area contributed by atoms with Crippen molar-refractivity contribution >= 4 is 34.6 Å². The first-order valence-electron chi connectivity index (χ1n) is 7.76. The number of hydrogen-bond donors (Lipinski definition) is 2. The lowest BCUT2D eigenvalue weighted by molar-refractivity contribution is -0.114.